The molecule has 0 saturated carbocycles. The molecular formula is C13H15BrO. The Bertz CT molecular complexity index is 365. The van der Waals surface area contributed by atoms with E-state index in [0.29, 0.717) is 12.5 Å². The van der Waals surface area contributed by atoms with Gasteiger partial charge in [-0.1, -0.05) is 13.0 Å². The summed E-state index contributed by atoms with van der Waals surface area (Å²) in [5.74, 6) is 3.95. The molecular weight excluding hydrogens is 252 g/mol. The fourth-order valence-corrected chi connectivity index (χ4v) is 1.90. The average molecular weight is 267 g/mol. The lowest BCUT2D eigenvalue weighted by Gasteiger charge is -2.11. The highest BCUT2D eigenvalue weighted by Crippen LogP contribution is 2.29. The maximum Gasteiger partial charge on any atom is 0.133 e. The Morgan fingerprint density at radius 3 is 2.80 bits per heavy atom. The standard InChI is InChI=1S/C13H15BrO/c1-4-6-10(3)11-7-8-13(15-5-2)12(14)9-11/h1,7-10H,5-6H2,2-3H3. The van der Waals surface area contributed by atoms with Gasteiger partial charge in [0.15, 0.2) is 0 Å². The van der Waals surface area contributed by atoms with E-state index in [1.165, 1.54) is 5.56 Å². The monoisotopic (exact) mass is 266 g/mol. The number of ether oxygens (including phenoxy) is 1. The minimum absolute atomic E-state index is 0.391. The Kier molecular flexibility index (Phi) is 4.71. The van der Waals surface area contributed by atoms with Crippen LogP contribution in [0.3, 0.4) is 0 Å². The van der Waals surface area contributed by atoms with Crippen molar-refractivity contribution in [3.8, 4) is 18.1 Å². The Labute approximate surface area is 100.0 Å². The second-order valence-electron chi connectivity index (χ2n) is 3.43. The summed E-state index contributed by atoms with van der Waals surface area (Å²) in [6.45, 7) is 4.78. The van der Waals surface area contributed by atoms with Crippen LogP contribution < -0.4 is 4.74 Å². The lowest BCUT2D eigenvalue weighted by atomic mass is 9.98. The predicted molar refractivity (Wildman–Crippen MR) is 67.2 cm³/mol. The van der Waals surface area contributed by atoms with Crippen molar-refractivity contribution in [3.63, 3.8) is 0 Å². The van der Waals surface area contributed by atoms with Gasteiger partial charge in [-0.3, -0.25) is 0 Å². The molecule has 0 spiro atoms. The van der Waals surface area contributed by atoms with Crippen molar-refractivity contribution in [2.75, 3.05) is 6.61 Å². The van der Waals surface area contributed by atoms with Crippen LogP contribution in [0, 0.1) is 12.3 Å². The Balaban J connectivity index is 2.86. The van der Waals surface area contributed by atoms with Crippen LogP contribution in [-0.4, -0.2) is 6.61 Å². The fraction of sp³-hybridized carbons (Fsp3) is 0.385. The third-order valence-corrected chi connectivity index (χ3v) is 2.87. The van der Waals surface area contributed by atoms with E-state index in [1.54, 1.807) is 0 Å². The summed E-state index contributed by atoms with van der Waals surface area (Å²) < 4.78 is 6.44. The zero-order valence-electron chi connectivity index (χ0n) is 9.09. The van der Waals surface area contributed by atoms with Crippen molar-refractivity contribution in [1.29, 1.82) is 0 Å². The first kappa shape index (κ1) is 12.1. The maximum atomic E-state index is 5.44. The van der Waals surface area contributed by atoms with Crippen LogP contribution in [0.15, 0.2) is 22.7 Å². The van der Waals surface area contributed by atoms with Gasteiger partial charge in [0.05, 0.1) is 11.1 Å². The van der Waals surface area contributed by atoms with E-state index in [1.807, 2.05) is 13.0 Å². The molecule has 2 heteroatoms. The van der Waals surface area contributed by atoms with Gasteiger partial charge in [-0.2, -0.15) is 0 Å². The molecule has 0 aliphatic carbocycles. The molecule has 0 amide bonds. The first-order valence-electron chi connectivity index (χ1n) is 5.04. The van der Waals surface area contributed by atoms with E-state index < -0.39 is 0 Å². The maximum absolute atomic E-state index is 5.44. The van der Waals surface area contributed by atoms with E-state index in [4.69, 9.17) is 11.2 Å². The minimum Gasteiger partial charge on any atom is -0.493 e. The van der Waals surface area contributed by atoms with Crippen LogP contribution in [-0.2, 0) is 0 Å². The molecule has 0 fully saturated rings. The number of hydrogen-bond acceptors (Lipinski definition) is 1. The van der Waals surface area contributed by atoms with Gasteiger partial charge >= 0.3 is 0 Å². The molecule has 1 atom stereocenters. The summed E-state index contributed by atoms with van der Waals surface area (Å²) in [5, 5.41) is 0. The molecule has 15 heavy (non-hydrogen) atoms. The van der Waals surface area contributed by atoms with Crippen molar-refractivity contribution >= 4 is 15.9 Å². The normalized spacial score (nSPS) is 11.9. The van der Waals surface area contributed by atoms with Crippen LogP contribution in [0.1, 0.15) is 31.7 Å². The average Bonchev–Trinajstić information content (AvgIpc) is 2.21. The van der Waals surface area contributed by atoms with E-state index in [2.05, 4.69) is 40.9 Å². The largest absolute Gasteiger partial charge is 0.493 e. The van der Waals surface area contributed by atoms with Gasteiger partial charge in [0, 0.05) is 6.42 Å². The van der Waals surface area contributed by atoms with Crippen molar-refractivity contribution in [2.24, 2.45) is 0 Å². The minimum atomic E-state index is 0.391. The molecule has 0 aliphatic heterocycles. The summed E-state index contributed by atoms with van der Waals surface area (Å²) in [5.41, 5.74) is 1.24. The zero-order valence-corrected chi connectivity index (χ0v) is 10.7. The van der Waals surface area contributed by atoms with E-state index in [9.17, 15) is 0 Å². The van der Waals surface area contributed by atoms with Gasteiger partial charge < -0.3 is 4.74 Å². The van der Waals surface area contributed by atoms with Crippen LogP contribution in [0.5, 0.6) is 5.75 Å². The van der Waals surface area contributed by atoms with Crippen molar-refractivity contribution in [3.05, 3.63) is 28.2 Å². The molecule has 1 unspecified atom stereocenters. The second-order valence-corrected chi connectivity index (χ2v) is 4.29. The highest BCUT2D eigenvalue weighted by atomic mass is 79.9. The van der Waals surface area contributed by atoms with Crippen LogP contribution in [0.2, 0.25) is 0 Å². The van der Waals surface area contributed by atoms with Gasteiger partial charge in [-0.25, -0.2) is 0 Å². The number of rotatable bonds is 4. The van der Waals surface area contributed by atoms with Crippen LogP contribution >= 0.6 is 15.9 Å². The highest BCUT2D eigenvalue weighted by molar-refractivity contribution is 9.10. The Morgan fingerprint density at radius 1 is 1.53 bits per heavy atom. The molecule has 80 valence electrons. The predicted octanol–water partition coefficient (Wildman–Crippen LogP) is 3.97. The molecule has 0 radical (unpaired) electrons. The Morgan fingerprint density at radius 2 is 2.27 bits per heavy atom. The van der Waals surface area contributed by atoms with E-state index in [-0.39, 0.29) is 0 Å². The molecule has 1 aromatic rings. The van der Waals surface area contributed by atoms with Gasteiger partial charge in [0.2, 0.25) is 0 Å². The van der Waals surface area contributed by atoms with E-state index in [0.717, 1.165) is 16.6 Å². The number of hydrogen-bond donors (Lipinski definition) is 0. The number of benzene rings is 1. The fourth-order valence-electron chi connectivity index (χ4n) is 1.39. The summed E-state index contributed by atoms with van der Waals surface area (Å²) in [7, 11) is 0. The first-order chi connectivity index (χ1) is 7.19. The molecule has 1 rings (SSSR count). The van der Waals surface area contributed by atoms with Crippen molar-refractivity contribution in [1.82, 2.24) is 0 Å². The molecule has 1 aromatic carbocycles. The highest BCUT2D eigenvalue weighted by Gasteiger charge is 2.07. The zero-order chi connectivity index (χ0) is 11.3. The summed E-state index contributed by atoms with van der Waals surface area (Å²) in [6.07, 6.45) is 6.06. The Hall–Kier alpha value is -0.940. The summed E-state index contributed by atoms with van der Waals surface area (Å²) >= 11 is 3.49. The lowest BCUT2D eigenvalue weighted by molar-refractivity contribution is 0.338. The van der Waals surface area contributed by atoms with Gasteiger partial charge in [-0.15, -0.1) is 12.3 Å². The second kappa shape index (κ2) is 5.82. The molecule has 0 heterocycles. The van der Waals surface area contributed by atoms with Crippen molar-refractivity contribution < 1.29 is 4.74 Å². The number of terminal acetylenes is 1. The topological polar surface area (TPSA) is 9.23 Å². The molecule has 0 bridgehead atoms. The van der Waals surface area contributed by atoms with E-state index >= 15 is 0 Å². The van der Waals surface area contributed by atoms with Gasteiger partial charge in [-0.05, 0) is 46.5 Å². The van der Waals surface area contributed by atoms with Crippen LogP contribution in [0.25, 0.3) is 0 Å². The first-order valence-corrected chi connectivity index (χ1v) is 5.84. The van der Waals surface area contributed by atoms with Crippen molar-refractivity contribution in [2.45, 2.75) is 26.2 Å². The molecule has 0 N–H and O–H groups in total. The molecule has 1 nitrogen and oxygen atoms in total. The summed E-state index contributed by atoms with van der Waals surface area (Å²) in [4.78, 5) is 0. The third kappa shape index (κ3) is 3.28. The van der Waals surface area contributed by atoms with Gasteiger partial charge in [0.1, 0.15) is 5.75 Å². The van der Waals surface area contributed by atoms with Gasteiger partial charge in [0.25, 0.3) is 0 Å². The molecule has 0 aliphatic rings. The third-order valence-electron chi connectivity index (χ3n) is 2.25. The SMILES string of the molecule is C#CCC(C)c1ccc(OCC)c(Br)c1. The van der Waals surface area contributed by atoms with Crippen LogP contribution in [0.4, 0.5) is 0 Å². The summed E-state index contributed by atoms with van der Waals surface area (Å²) in [6, 6.07) is 6.13. The smallest absolute Gasteiger partial charge is 0.133 e. The molecule has 0 aromatic heterocycles. The quantitative estimate of drug-likeness (QED) is 0.750. The lowest BCUT2D eigenvalue weighted by Crippen LogP contribution is -1.95. The molecule has 0 saturated heterocycles. The number of halogens is 1.